The Morgan fingerprint density at radius 1 is 0.926 bits per heavy atom. The minimum Gasteiger partial charge on any atom is -0.494 e. The first-order valence-electron chi connectivity index (χ1n) is 9.76. The fourth-order valence-electron chi connectivity index (χ4n) is 4.28. The van der Waals surface area contributed by atoms with Crippen molar-refractivity contribution in [3.05, 3.63) is 54.6 Å². The van der Waals surface area contributed by atoms with Crippen LogP contribution in [0.4, 0.5) is 5.69 Å². The third-order valence-corrected chi connectivity index (χ3v) is 5.62. The Bertz CT molecular complexity index is 1110. The summed E-state index contributed by atoms with van der Waals surface area (Å²) in [5, 5.41) is 16.4. The van der Waals surface area contributed by atoms with Gasteiger partial charge in [-0.1, -0.05) is 55.7 Å². The molecule has 4 heteroatoms. The lowest BCUT2D eigenvalue weighted by Crippen LogP contribution is -2.22. The molecular weight excluding hydrogens is 334 g/mol. The number of hydrogen-bond donors (Lipinski definition) is 3. The Morgan fingerprint density at radius 3 is 2.52 bits per heavy atom. The number of aromatic nitrogens is 2. The molecule has 1 fully saturated rings. The lowest BCUT2D eigenvalue weighted by Gasteiger charge is -2.25. The number of para-hydroxylation sites is 2. The van der Waals surface area contributed by atoms with Crippen LogP contribution in [0.15, 0.2) is 54.6 Å². The molecule has 5 rings (SSSR count). The normalized spacial score (nSPS) is 15.4. The highest BCUT2D eigenvalue weighted by Crippen LogP contribution is 2.38. The van der Waals surface area contributed by atoms with Gasteiger partial charge in [0, 0.05) is 28.0 Å². The van der Waals surface area contributed by atoms with Gasteiger partial charge in [-0.25, -0.2) is 4.98 Å². The van der Waals surface area contributed by atoms with Crippen molar-refractivity contribution in [2.75, 3.05) is 5.32 Å². The van der Waals surface area contributed by atoms with E-state index in [0.717, 1.165) is 38.8 Å². The Hall–Kier alpha value is -3.01. The van der Waals surface area contributed by atoms with Gasteiger partial charge < -0.3 is 15.4 Å². The Labute approximate surface area is 158 Å². The lowest BCUT2D eigenvalue weighted by molar-refractivity contribution is 0.460. The highest BCUT2D eigenvalue weighted by Gasteiger charge is 2.18. The van der Waals surface area contributed by atoms with Crippen molar-refractivity contribution in [1.82, 2.24) is 9.97 Å². The molecule has 2 aromatic carbocycles. The number of nitrogens with zero attached hydrogens (tertiary/aromatic N) is 1. The maximum atomic E-state index is 10.6. The van der Waals surface area contributed by atoms with E-state index in [-0.39, 0.29) is 5.88 Å². The van der Waals surface area contributed by atoms with Gasteiger partial charge in [0.1, 0.15) is 0 Å². The molecule has 2 heterocycles. The molecule has 0 amide bonds. The molecule has 136 valence electrons. The van der Waals surface area contributed by atoms with Gasteiger partial charge >= 0.3 is 0 Å². The van der Waals surface area contributed by atoms with Crippen LogP contribution in [0.2, 0.25) is 0 Å². The molecule has 1 saturated carbocycles. The van der Waals surface area contributed by atoms with E-state index in [1.54, 1.807) is 0 Å². The summed E-state index contributed by atoms with van der Waals surface area (Å²) in [7, 11) is 0. The molecule has 4 nitrogen and oxygen atoms in total. The summed E-state index contributed by atoms with van der Waals surface area (Å²) in [4.78, 5) is 7.93. The van der Waals surface area contributed by atoms with Crippen LogP contribution in [0.1, 0.15) is 32.1 Å². The average Bonchev–Trinajstić information content (AvgIpc) is 3.04. The highest BCUT2D eigenvalue weighted by molar-refractivity contribution is 6.01. The predicted molar refractivity (Wildman–Crippen MR) is 111 cm³/mol. The maximum Gasteiger partial charge on any atom is 0.199 e. The number of aromatic hydroxyl groups is 1. The largest absolute Gasteiger partial charge is 0.494 e. The Morgan fingerprint density at radius 2 is 1.67 bits per heavy atom. The highest BCUT2D eigenvalue weighted by atomic mass is 16.3. The molecule has 0 saturated heterocycles. The van der Waals surface area contributed by atoms with Crippen LogP contribution in [0.3, 0.4) is 0 Å². The standard InChI is InChI=1S/C23H23N3O/c27-23-22(17-11-5-7-13-19(17)26-23)21-14-20(24-15-8-2-1-3-9-15)16-10-4-6-12-18(16)25-21/h4-7,10-15,26-27H,1-3,8-9H2,(H,24,25). The smallest absolute Gasteiger partial charge is 0.199 e. The summed E-state index contributed by atoms with van der Waals surface area (Å²) in [5.74, 6) is 0.169. The van der Waals surface area contributed by atoms with Gasteiger partial charge in [-0.15, -0.1) is 0 Å². The van der Waals surface area contributed by atoms with Gasteiger partial charge in [0.05, 0.1) is 16.8 Å². The van der Waals surface area contributed by atoms with Gasteiger partial charge in [-0.05, 0) is 31.0 Å². The molecule has 0 bridgehead atoms. The number of H-pyrrole nitrogens is 1. The number of nitrogens with one attached hydrogen (secondary N) is 2. The summed E-state index contributed by atoms with van der Waals surface area (Å²) in [6.45, 7) is 0. The van der Waals surface area contributed by atoms with E-state index < -0.39 is 0 Å². The fourth-order valence-corrected chi connectivity index (χ4v) is 4.28. The molecule has 0 aliphatic heterocycles. The Kier molecular flexibility index (Phi) is 3.97. The summed E-state index contributed by atoms with van der Waals surface area (Å²) in [6, 6.07) is 18.8. The second-order valence-corrected chi connectivity index (χ2v) is 7.45. The molecule has 0 unspecified atom stereocenters. The van der Waals surface area contributed by atoms with E-state index in [2.05, 4.69) is 28.5 Å². The van der Waals surface area contributed by atoms with E-state index in [9.17, 15) is 5.11 Å². The summed E-state index contributed by atoms with van der Waals surface area (Å²) >= 11 is 0. The first-order chi connectivity index (χ1) is 13.3. The van der Waals surface area contributed by atoms with Crippen molar-refractivity contribution in [2.24, 2.45) is 0 Å². The second kappa shape index (κ2) is 6.62. The molecule has 1 aliphatic rings. The van der Waals surface area contributed by atoms with Gasteiger partial charge in [-0.3, -0.25) is 0 Å². The van der Waals surface area contributed by atoms with Crippen LogP contribution in [0.5, 0.6) is 5.88 Å². The molecule has 0 atom stereocenters. The number of hydrogen-bond acceptors (Lipinski definition) is 3. The zero-order chi connectivity index (χ0) is 18.2. The van der Waals surface area contributed by atoms with Crippen LogP contribution in [0.25, 0.3) is 33.1 Å². The zero-order valence-electron chi connectivity index (χ0n) is 15.2. The molecule has 0 radical (unpaired) electrons. The molecule has 27 heavy (non-hydrogen) atoms. The van der Waals surface area contributed by atoms with Gasteiger partial charge in [0.2, 0.25) is 0 Å². The van der Waals surface area contributed by atoms with Crippen LogP contribution < -0.4 is 5.32 Å². The van der Waals surface area contributed by atoms with E-state index in [0.29, 0.717) is 6.04 Å². The van der Waals surface area contributed by atoms with Crippen LogP contribution in [-0.4, -0.2) is 21.1 Å². The van der Waals surface area contributed by atoms with Gasteiger partial charge in [0.15, 0.2) is 5.88 Å². The van der Waals surface area contributed by atoms with E-state index in [1.165, 1.54) is 32.1 Å². The Balaban J connectivity index is 1.67. The topological polar surface area (TPSA) is 60.9 Å². The third-order valence-electron chi connectivity index (χ3n) is 5.62. The SMILES string of the molecule is Oc1[nH]c2ccccc2c1-c1cc(NC2CCCCC2)c2ccccc2n1. The predicted octanol–water partition coefficient (Wildman–Crippen LogP) is 5.83. The van der Waals surface area contributed by atoms with E-state index in [4.69, 9.17) is 4.98 Å². The summed E-state index contributed by atoms with van der Waals surface area (Å²) in [6.07, 6.45) is 6.34. The van der Waals surface area contributed by atoms with Crippen LogP contribution in [-0.2, 0) is 0 Å². The zero-order valence-corrected chi connectivity index (χ0v) is 15.2. The number of rotatable bonds is 3. The van der Waals surface area contributed by atoms with Crippen molar-refractivity contribution < 1.29 is 5.11 Å². The van der Waals surface area contributed by atoms with Gasteiger partial charge in [0.25, 0.3) is 0 Å². The molecule has 2 aromatic heterocycles. The van der Waals surface area contributed by atoms with Crippen molar-refractivity contribution in [3.8, 4) is 17.1 Å². The van der Waals surface area contributed by atoms with Crippen molar-refractivity contribution in [3.63, 3.8) is 0 Å². The van der Waals surface area contributed by atoms with E-state index in [1.807, 2.05) is 36.4 Å². The number of anilines is 1. The summed E-state index contributed by atoms with van der Waals surface area (Å²) < 4.78 is 0. The van der Waals surface area contributed by atoms with Crippen molar-refractivity contribution in [2.45, 2.75) is 38.1 Å². The van der Waals surface area contributed by atoms with Crippen molar-refractivity contribution in [1.29, 1.82) is 0 Å². The molecule has 1 aliphatic carbocycles. The minimum atomic E-state index is 0.169. The first-order valence-corrected chi connectivity index (χ1v) is 9.76. The minimum absolute atomic E-state index is 0.169. The van der Waals surface area contributed by atoms with Crippen LogP contribution in [0, 0.1) is 0 Å². The fraction of sp³-hybridized carbons (Fsp3) is 0.261. The first kappa shape index (κ1) is 16.2. The number of fused-ring (bicyclic) bond motifs is 2. The molecule has 4 aromatic rings. The van der Waals surface area contributed by atoms with Gasteiger partial charge in [-0.2, -0.15) is 0 Å². The number of pyridine rings is 1. The van der Waals surface area contributed by atoms with E-state index >= 15 is 0 Å². The van der Waals surface area contributed by atoms with Crippen molar-refractivity contribution >= 4 is 27.5 Å². The summed E-state index contributed by atoms with van der Waals surface area (Å²) in [5.41, 5.74) is 4.52. The number of benzene rings is 2. The quantitative estimate of drug-likeness (QED) is 0.432. The van der Waals surface area contributed by atoms with Crippen LogP contribution >= 0.6 is 0 Å². The average molecular weight is 357 g/mol. The monoisotopic (exact) mass is 357 g/mol. The molecule has 0 spiro atoms. The third kappa shape index (κ3) is 2.91. The molecular formula is C23H23N3O. The second-order valence-electron chi connectivity index (χ2n) is 7.45. The molecule has 3 N–H and O–H groups in total. The maximum absolute atomic E-state index is 10.6. The number of aromatic amines is 1. The lowest BCUT2D eigenvalue weighted by atomic mass is 9.95.